The molecule has 1 aliphatic rings. The number of nitrogens with one attached hydrogen (secondary N) is 1. The molecule has 10 heteroatoms. The number of carbonyl (C=O) groups excluding carboxylic acids is 6. The van der Waals surface area contributed by atoms with Gasteiger partial charge in [-0.25, -0.2) is 0 Å². The molecule has 47 heavy (non-hydrogen) atoms. The molecule has 0 radical (unpaired) electrons. The van der Waals surface area contributed by atoms with E-state index in [1.807, 2.05) is 45.0 Å². The SMILES string of the molecule is CC(C)[C@H](CC(=O)[C@H](C)NC(=O)[C@@H](CC(=O)c1ccnc2ccccc12)C(C)(C)C)C(=O)C(=O)CCC(=O)N1CCN(C(C)C)CC1. The molecule has 1 aromatic heterocycles. The molecule has 0 unspecified atom stereocenters. The highest BCUT2D eigenvalue weighted by atomic mass is 16.2. The molecule has 0 aliphatic carbocycles. The Morgan fingerprint density at radius 3 is 2.09 bits per heavy atom. The largest absolute Gasteiger partial charge is 0.346 e. The number of rotatable bonds is 15. The maximum Gasteiger partial charge on any atom is 0.224 e. The van der Waals surface area contributed by atoms with Crippen LogP contribution in [0, 0.1) is 23.2 Å². The molecule has 3 atom stereocenters. The molecule has 2 aromatic rings. The topological polar surface area (TPSA) is 134 Å². The van der Waals surface area contributed by atoms with Gasteiger partial charge in [-0.2, -0.15) is 0 Å². The van der Waals surface area contributed by atoms with Crippen molar-refractivity contribution in [1.29, 1.82) is 0 Å². The van der Waals surface area contributed by atoms with Crippen LogP contribution in [0.2, 0.25) is 0 Å². The maximum atomic E-state index is 13.5. The first kappa shape index (κ1) is 37.7. The Hall–Kier alpha value is -3.79. The van der Waals surface area contributed by atoms with Crippen molar-refractivity contribution in [2.45, 2.75) is 93.2 Å². The smallest absolute Gasteiger partial charge is 0.224 e. The van der Waals surface area contributed by atoms with Crippen LogP contribution in [0.3, 0.4) is 0 Å². The van der Waals surface area contributed by atoms with Crippen LogP contribution in [0.25, 0.3) is 10.9 Å². The Morgan fingerprint density at radius 1 is 0.851 bits per heavy atom. The van der Waals surface area contributed by atoms with Gasteiger partial charge >= 0.3 is 0 Å². The third kappa shape index (κ3) is 10.1. The minimum absolute atomic E-state index is 0.0420. The van der Waals surface area contributed by atoms with Crippen molar-refractivity contribution in [3.8, 4) is 0 Å². The lowest BCUT2D eigenvalue weighted by Gasteiger charge is -2.37. The molecule has 1 saturated heterocycles. The molecule has 1 aromatic carbocycles. The van der Waals surface area contributed by atoms with E-state index in [1.165, 1.54) is 0 Å². The average Bonchev–Trinajstić information content (AvgIpc) is 3.03. The number of amides is 2. The minimum Gasteiger partial charge on any atom is -0.346 e. The number of para-hydroxylation sites is 1. The quantitative estimate of drug-likeness (QED) is 0.218. The van der Waals surface area contributed by atoms with Crippen molar-refractivity contribution in [3.63, 3.8) is 0 Å². The van der Waals surface area contributed by atoms with Crippen molar-refractivity contribution >= 4 is 45.9 Å². The highest BCUT2D eigenvalue weighted by Crippen LogP contribution is 2.31. The van der Waals surface area contributed by atoms with Gasteiger partial charge in [0.05, 0.1) is 17.5 Å². The molecule has 2 amide bonds. The highest BCUT2D eigenvalue weighted by Gasteiger charge is 2.36. The second kappa shape index (κ2) is 16.4. The fraction of sp³-hybridized carbons (Fsp3) is 0.595. The lowest BCUT2D eigenvalue weighted by Crippen LogP contribution is -2.50. The van der Waals surface area contributed by atoms with Gasteiger partial charge < -0.3 is 10.2 Å². The first-order chi connectivity index (χ1) is 22.0. The molecule has 1 aliphatic heterocycles. The Labute approximate surface area is 279 Å². The zero-order valence-corrected chi connectivity index (χ0v) is 29.3. The number of ketones is 4. The number of nitrogens with zero attached hydrogens (tertiary/aromatic N) is 3. The monoisotopic (exact) mass is 648 g/mol. The summed E-state index contributed by atoms with van der Waals surface area (Å²) in [5.41, 5.74) is 0.585. The second-order valence-electron chi connectivity index (χ2n) is 14.5. The summed E-state index contributed by atoms with van der Waals surface area (Å²) >= 11 is 0. The van der Waals surface area contributed by atoms with Gasteiger partial charge in [0.25, 0.3) is 0 Å². The van der Waals surface area contributed by atoms with Crippen LogP contribution in [0.4, 0.5) is 0 Å². The van der Waals surface area contributed by atoms with E-state index in [-0.39, 0.29) is 49.1 Å². The van der Waals surface area contributed by atoms with Gasteiger partial charge in [-0.3, -0.25) is 38.7 Å². The molecule has 10 nitrogen and oxygen atoms in total. The number of benzene rings is 1. The average molecular weight is 649 g/mol. The fourth-order valence-electron chi connectivity index (χ4n) is 6.04. The third-order valence-electron chi connectivity index (χ3n) is 9.34. The standard InChI is InChI=1S/C37H52N4O6/c1-23(2)28(35(46)31(42)13-14-34(45)41-19-17-40(18-20-41)24(3)4)21-32(43)25(5)39-36(47)29(37(6,7)8)22-33(44)27-15-16-38-30-12-10-9-11-26(27)30/h9-12,15-16,23-25,28-29H,13-14,17-22H2,1-8H3,(H,39,47)/t25-,28-,29+/m0/s1. The van der Waals surface area contributed by atoms with E-state index in [0.717, 1.165) is 13.1 Å². The molecule has 3 rings (SSSR count). The van der Waals surface area contributed by atoms with Gasteiger partial charge in [-0.05, 0) is 44.2 Å². The van der Waals surface area contributed by atoms with Crippen molar-refractivity contribution < 1.29 is 28.8 Å². The molecular weight excluding hydrogens is 596 g/mol. The van der Waals surface area contributed by atoms with Crippen molar-refractivity contribution in [1.82, 2.24) is 20.1 Å². The Balaban J connectivity index is 1.59. The van der Waals surface area contributed by atoms with Crippen LogP contribution in [0.1, 0.15) is 91.4 Å². The Kier molecular flexibility index (Phi) is 13.1. The second-order valence-corrected chi connectivity index (χ2v) is 14.5. The van der Waals surface area contributed by atoms with E-state index in [2.05, 4.69) is 29.0 Å². The highest BCUT2D eigenvalue weighted by molar-refractivity contribution is 6.38. The normalized spacial score (nSPS) is 16.2. The fourth-order valence-corrected chi connectivity index (χ4v) is 6.04. The molecular formula is C37H52N4O6. The Bertz CT molecular complexity index is 1460. The molecule has 0 saturated carbocycles. The number of aromatic nitrogens is 1. The van der Waals surface area contributed by atoms with Crippen LogP contribution in [-0.4, -0.2) is 88.0 Å². The number of fused-ring (bicyclic) bond motifs is 1. The lowest BCUT2D eigenvalue weighted by atomic mass is 9.76. The summed E-state index contributed by atoms with van der Waals surface area (Å²) in [6.07, 6.45) is 1.07. The zero-order valence-electron chi connectivity index (χ0n) is 29.3. The Morgan fingerprint density at radius 2 is 1.49 bits per heavy atom. The zero-order chi connectivity index (χ0) is 35.1. The van der Waals surface area contributed by atoms with Crippen molar-refractivity contribution in [2.75, 3.05) is 26.2 Å². The number of pyridine rings is 1. The van der Waals surface area contributed by atoms with Gasteiger partial charge in [0.1, 0.15) is 0 Å². The molecule has 0 bridgehead atoms. The van der Waals surface area contributed by atoms with Crippen LogP contribution in [-0.2, 0) is 24.0 Å². The summed E-state index contributed by atoms with van der Waals surface area (Å²) in [6.45, 7) is 17.7. The van der Waals surface area contributed by atoms with E-state index < -0.39 is 40.8 Å². The predicted octanol–water partition coefficient (Wildman–Crippen LogP) is 4.68. The van der Waals surface area contributed by atoms with Crippen LogP contribution in [0.15, 0.2) is 36.5 Å². The summed E-state index contributed by atoms with van der Waals surface area (Å²) in [7, 11) is 0. The van der Waals surface area contributed by atoms with E-state index in [0.29, 0.717) is 35.6 Å². The third-order valence-corrected chi connectivity index (χ3v) is 9.34. The lowest BCUT2D eigenvalue weighted by molar-refractivity contribution is -0.142. The molecule has 1 fully saturated rings. The summed E-state index contributed by atoms with van der Waals surface area (Å²) < 4.78 is 0. The summed E-state index contributed by atoms with van der Waals surface area (Å²) in [5, 5.41) is 3.49. The molecule has 1 N–H and O–H groups in total. The van der Waals surface area contributed by atoms with Gasteiger partial charge in [0.15, 0.2) is 17.3 Å². The van der Waals surface area contributed by atoms with Gasteiger partial charge in [0, 0.05) is 81.0 Å². The molecule has 256 valence electrons. The molecule has 0 spiro atoms. The predicted molar refractivity (Wildman–Crippen MR) is 182 cm³/mol. The molecule has 2 heterocycles. The first-order valence-corrected chi connectivity index (χ1v) is 16.8. The van der Waals surface area contributed by atoms with E-state index >= 15 is 0 Å². The maximum absolute atomic E-state index is 13.5. The van der Waals surface area contributed by atoms with Crippen molar-refractivity contribution in [3.05, 3.63) is 42.1 Å². The van der Waals surface area contributed by atoms with Crippen LogP contribution in [0.5, 0.6) is 0 Å². The van der Waals surface area contributed by atoms with Gasteiger partial charge in [0.2, 0.25) is 17.6 Å². The number of hydrogen-bond donors (Lipinski definition) is 1. The number of carbonyl (C=O) groups is 6. The van der Waals surface area contributed by atoms with Gasteiger partial charge in [-0.1, -0.05) is 52.8 Å². The summed E-state index contributed by atoms with van der Waals surface area (Å²) in [4.78, 5) is 87.5. The summed E-state index contributed by atoms with van der Waals surface area (Å²) in [5.74, 6) is -4.36. The van der Waals surface area contributed by atoms with E-state index in [9.17, 15) is 28.8 Å². The van der Waals surface area contributed by atoms with E-state index in [4.69, 9.17) is 0 Å². The number of hydrogen-bond acceptors (Lipinski definition) is 8. The van der Waals surface area contributed by atoms with Crippen molar-refractivity contribution in [2.24, 2.45) is 23.2 Å². The van der Waals surface area contributed by atoms with E-state index in [1.54, 1.807) is 37.9 Å². The van der Waals surface area contributed by atoms with Crippen LogP contribution >= 0.6 is 0 Å². The first-order valence-electron chi connectivity index (χ1n) is 16.8. The number of piperazine rings is 1. The summed E-state index contributed by atoms with van der Waals surface area (Å²) in [6, 6.07) is 8.46. The van der Waals surface area contributed by atoms with Gasteiger partial charge in [-0.15, -0.1) is 0 Å². The number of Topliss-reactive ketones (excluding diaryl/α,β-unsaturated/α-hetero) is 4. The van der Waals surface area contributed by atoms with Crippen LogP contribution < -0.4 is 5.32 Å². The minimum atomic E-state index is -0.931.